The quantitative estimate of drug-likeness (QED) is 0.470. The van der Waals surface area contributed by atoms with Gasteiger partial charge >= 0.3 is 5.97 Å². The molecule has 0 aliphatic rings. The molecule has 0 heterocycles. The summed E-state index contributed by atoms with van der Waals surface area (Å²) in [7, 11) is 0. The van der Waals surface area contributed by atoms with Gasteiger partial charge in [0.25, 0.3) is 5.69 Å². The highest BCUT2D eigenvalue weighted by Gasteiger charge is 2.21. The molecule has 5 heteroatoms. The molecule has 1 aromatic rings. The van der Waals surface area contributed by atoms with Gasteiger partial charge in [-0.05, 0) is 33.3 Å². The van der Waals surface area contributed by atoms with Crippen LogP contribution in [0.3, 0.4) is 0 Å². The minimum atomic E-state index is -0.587. The Hall–Kier alpha value is -1.91. The van der Waals surface area contributed by atoms with Crippen molar-refractivity contribution in [1.29, 1.82) is 0 Å². The fraction of sp³-hybridized carbons (Fsp3) is 0.462. The summed E-state index contributed by atoms with van der Waals surface area (Å²) in [4.78, 5) is 22.1. The van der Waals surface area contributed by atoms with Gasteiger partial charge in [0, 0.05) is 11.6 Å². The zero-order chi connectivity index (χ0) is 13.9. The number of benzene rings is 1. The van der Waals surface area contributed by atoms with Gasteiger partial charge in [-0.3, -0.25) is 14.9 Å². The third-order valence-electron chi connectivity index (χ3n) is 2.19. The van der Waals surface area contributed by atoms with E-state index in [9.17, 15) is 14.9 Å². The number of carbonyl (C=O) groups is 1. The van der Waals surface area contributed by atoms with Crippen molar-refractivity contribution in [2.24, 2.45) is 0 Å². The maximum Gasteiger partial charge on any atom is 0.311 e. The third-order valence-corrected chi connectivity index (χ3v) is 2.19. The van der Waals surface area contributed by atoms with E-state index in [2.05, 4.69) is 0 Å². The minimum Gasteiger partial charge on any atom is -0.460 e. The number of rotatable bonds is 3. The molecule has 0 amide bonds. The van der Waals surface area contributed by atoms with E-state index >= 15 is 0 Å². The first kappa shape index (κ1) is 14.2. The smallest absolute Gasteiger partial charge is 0.311 e. The second-order valence-corrected chi connectivity index (χ2v) is 5.15. The molecule has 0 atom stereocenters. The van der Waals surface area contributed by atoms with E-state index in [-0.39, 0.29) is 12.1 Å². The molecule has 0 aliphatic carbocycles. The number of nitro groups is 1. The molecule has 98 valence electrons. The molecule has 0 aliphatic heterocycles. The second kappa shape index (κ2) is 5.16. The van der Waals surface area contributed by atoms with Gasteiger partial charge < -0.3 is 4.74 Å². The van der Waals surface area contributed by atoms with Crippen molar-refractivity contribution in [1.82, 2.24) is 0 Å². The Labute approximate surface area is 106 Å². The van der Waals surface area contributed by atoms with Crippen LogP contribution in [0.1, 0.15) is 31.9 Å². The fourth-order valence-corrected chi connectivity index (χ4v) is 1.53. The standard InChI is InChI=1S/C13H17NO4/c1-9-5-6-10(11(7-9)14(16)17)8-12(15)18-13(2,3)4/h5-7H,8H2,1-4H3. The Morgan fingerprint density at radius 3 is 2.50 bits per heavy atom. The van der Waals surface area contributed by atoms with Crippen LogP contribution in [0.25, 0.3) is 0 Å². The number of carbonyl (C=O) groups excluding carboxylic acids is 1. The van der Waals surface area contributed by atoms with Crippen LogP contribution in [0.5, 0.6) is 0 Å². The number of hydrogen-bond acceptors (Lipinski definition) is 4. The Balaban J connectivity index is 2.91. The van der Waals surface area contributed by atoms with Gasteiger partial charge in [-0.2, -0.15) is 0 Å². The highest BCUT2D eigenvalue weighted by Crippen LogP contribution is 2.21. The lowest BCUT2D eigenvalue weighted by atomic mass is 10.1. The van der Waals surface area contributed by atoms with E-state index in [0.29, 0.717) is 5.56 Å². The molecule has 0 N–H and O–H groups in total. The zero-order valence-electron chi connectivity index (χ0n) is 11.0. The van der Waals surface area contributed by atoms with Gasteiger partial charge in [-0.1, -0.05) is 12.1 Å². The lowest BCUT2D eigenvalue weighted by molar-refractivity contribution is -0.385. The number of nitrogens with zero attached hydrogens (tertiary/aromatic N) is 1. The molecule has 0 unspecified atom stereocenters. The molecular weight excluding hydrogens is 234 g/mol. The van der Waals surface area contributed by atoms with E-state index in [4.69, 9.17) is 4.74 Å². The monoisotopic (exact) mass is 251 g/mol. The van der Waals surface area contributed by atoms with Gasteiger partial charge in [-0.25, -0.2) is 0 Å². The van der Waals surface area contributed by atoms with E-state index in [1.165, 1.54) is 6.07 Å². The zero-order valence-corrected chi connectivity index (χ0v) is 11.0. The average molecular weight is 251 g/mol. The third kappa shape index (κ3) is 4.16. The van der Waals surface area contributed by atoms with Crippen LogP contribution in [0.4, 0.5) is 5.69 Å². The maximum absolute atomic E-state index is 11.6. The van der Waals surface area contributed by atoms with Crippen LogP contribution in [0.2, 0.25) is 0 Å². The predicted molar refractivity (Wildman–Crippen MR) is 67.4 cm³/mol. The van der Waals surface area contributed by atoms with Crippen LogP contribution in [0.15, 0.2) is 18.2 Å². The molecule has 5 nitrogen and oxygen atoms in total. The van der Waals surface area contributed by atoms with Crippen LogP contribution in [-0.2, 0) is 16.0 Å². The molecule has 0 radical (unpaired) electrons. The summed E-state index contributed by atoms with van der Waals surface area (Å²) in [6.07, 6.45) is -0.0894. The molecule has 1 aromatic carbocycles. The predicted octanol–water partition coefficient (Wildman–Crippen LogP) is 2.79. The SMILES string of the molecule is Cc1ccc(CC(=O)OC(C)(C)C)c([N+](=O)[O-])c1. The summed E-state index contributed by atoms with van der Waals surface area (Å²) in [6, 6.07) is 4.80. The number of hydrogen-bond donors (Lipinski definition) is 0. The first-order valence-electron chi connectivity index (χ1n) is 5.65. The molecule has 0 fully saturated rings. The van der Waals surface area contributed by atoms with Crippen molar-refractivity contribution in [3.8, 4) is 0 Å². The second-order valence-electron chi connectivity index (χ2n) is 5.15. The Bertz CT molecular complexity index is 474. The van der Waals surface area contributed by atoms with Gasteiger partial charge in [0.15, 0.2) is 0 Å². The van der Waals surface area contributed by atoms with E-state index in [1.54, 1.807) is 39.8 Å². The summed E-state index contributed by atoms with van der Waals surface area (Å²) >= 11 is 0. The van der Waals surface area contributed by atoms with Crippen molar-refractivity contribution in [2.45, 2.75) is 39.7 Å². The Morgan fingerprint density at radius 2 is 2.00 bits per heavy atom. The largest absolute Gasteiger partial charge is 0.460 e. The van der Waals surface area contributed by atoms with Crippen LogP contribution < -0.4 is 0 Å². The molecular formula is C13H17NO4. The minimum absolute atomic E-state index is 0.0409. The molecule has 1 rings (SSSR count). The number of nitro benzene ring substituents is 1. The molecule has 0 saturated carbocycles. The molecule has 0 bridgehead atoms. The molecule has 0 aromatic heterocycles. The van der Waals surface area contributed by atoms with Gasteiger partial charge in [-0.15, -0.1) is 0 Å². The number of esters is 1. The summed E-state index contributed by atoms with van der Waals surface area (Å²) in [6.45, 7) is 7.04. The highest BCUT2D eigenvalue weighted by atomic mass is 16.6. The van der Waals surface area contributed by atoms with Crippen LogP contribution in [0, 0.1) is 17.0 Å². The van der Waals surface area contributed by atoms with Crippen molar-refractivity contribution in [3.05, 3.63) is 39.4 Å². The maximum atomic E-state index is 11.6. The summed E-state index contributed by atoms with van der Waals surface area (Å²) in [5.41, 5.74) is 0.534. The fourth-order valence-electron chi connectivity index (χ4n) is 1.53. The lowest BCUT2D eigenvalue weighted by Gasteiger charge is -2.19. The van der Waals surface area contributed by atoms with Crippen LogP contribution >= 0.6 is 0 Å². The van der Waals surface area contributed by atoms with E-state index in [1.807, 2.05) is 0 Å². The Kier molecular flexibility index (Phi) is 4.06. The average Bonchev–Trinajstić information content (AvgIpc) is 2.17. The molecule has 0 saturated heterocycles. The molecule has 0 spiro atoms. The van der Waals surface area contributed by atoms with E-state index in [0.717, 1.165) is 5.56 Å². The van der Waals surface area contributed by atoms with Crippen molar-refractivity contribution < 1.29 is 14.5 Å². The number of ether oxygens (including phenoxy) is 1. The van der Waals surface area contributed by atoms with Crippen molar-refractivity contribution in [2.75, 3.05) is 0 Å². The van der Waals surface area contributed by atoms with Gasteiger partial charge in [0.1, 0.15) is 5.60 Å². The first-order valence-corrected chi connectivity index (χ1v) is 5.65. The normalized spacial score (nSPS) is 11.1. The van der Waals surface area contributed by atoms with Crippen LogP contribution in [-0.4, -0.2) is 16.5 Å². The highest BCUT2D eigenvalue weighted by molar-refractivity contribution is 5.74. The van der Waals surface area contributed by atoms with E-state index < -0.39 is 16.5 Å². The van der Waals surface area contributed by atoms with Gasteiger partial charge in [0.2, 0.25) is 0 Å². The van der Waals surface area contributed by atoms with Crippen molar-refractivity contribution in [3.63, 3.8) is 0 Å². The summed E-state index contributed by atoms with van der Waals surface area (Å²) < 4.78 is 5.15. The topological polar surface area (TPSA) is 69.4 Å². The Morgan fingerprint density at radius 1 is 1.39 bits per heavy atom. The first-order chi connectivity index (χ1) is 8.19. The molecule has 18 heavy (non-hydrogen) atoms. The summed E-state index contributed by atoms with van der Waals surface area (Å²) in [5.74, 6) is -0.463. The lowest BCUT2D eigenvalue weighted by Crippen LogP contribution is -2.25. The van der Waals surface area contributed by atoms with Gasteiger partial charge in [0.05, 0.1) is 11.3 Å². The number of aryl methyl sites for hydroxylation is 1. The van der Waals surface area contributed by atoms with Crippen molar-refractivity contribution >= 4 is 11.7 Å². The summed E-state index contributed by atoms with van der Waals surface area (Å²) in [5, 5.41) is 10.9.